The van der Waals surface area contributed by atoms with Gasteiger partial charge >= 0.3 is 0 Å². The molecular formula is C16H30N2O2. The second-order valence-corrected chi connectivity index (χ2v) is 7.30. The highest BCUT2D eigenvalue weighted by Gasteiger charge is 2.48. The van der Waals surface area contributed by atoms with E-state index < -0.39 is 5.60 Å². The van der Waals surface area contributed by atoms with Gasteiger partial charge in [0.05, 0.1) is 18.6 Å². The van der Waals surface area contributed by atoms with Crippen molar-refractivity contribution in [3.8, 4) is 6.07 Å². The maximum absolute atomic E-state index is 10.1. The third-order valence-electron chi connectivity index (χ3n) is 4.54. The molecule has 0 aromatic heterocycles. The number of piperidine rings is 1. The molecule has 1 saturated heterocycles. The molecule has 0 bridgehead atoms. The van der Waals surface area contributed by atoms with Crippen molar-refractivity contribution in [3.05, 3.63) is 0 Å². The lowest BCUT2D eigenvalue weighted by molar-refractivity contribution is -0.344. The standard InChI is InChI=1S/C16H30N2O2/c1-7-16(8-2,9-10-17)20-18-14(3,4)11-13(19)12-15(18,5)6/h13,19H,7-9,11-12H2,1-6H3. The summed E-state index contributed by atoms with van der Waals surface area (Å²) in [5.74, 6) is 0. The van der Waals surface area contributed by atoms with Crippen LogP contribution in [0.2, 0.25) is 0 Å². The molecule has 116 valence electrons. The molecule has 4 nitrogen and oxygen atoms in total. The largest absolute Gasteiger partial charge is 0.393 e. The van der Waals surface area contributed by atoms with Crippen molar-refractivity contribution in [3.63, 3.8) is 0 Å². The average Bonchev–Trinajstić information content (AvgIpc) is 2.31. The van der Waals surface area contributed by atoms with E-state index in [1.807, 2.05) is 5.06 Å². The third kappa shape index (κ3) is 3.52. The van der Waals surface area contributed by atoms with Gasteiger partial charge in [-0.15, -0.1) is 0 Å². The van der Waals surface area contributed by atoms with E-state index in [-0.39, 0.29) is 17.2 Å². The SMILES string of the molecule is CCC(CC)(CC#N)ON1C(C)(C)CC(O)CC1(C)C. The van der Waals surface area contributed by atoms with Crippen molar-refractivity contribution < 1.29 is 9.94 Å². The highest BCUT2D eigenvalue weighted by atomic mass is 16.7. The first-order valence-corrected chi connectivity index (χ1v) is 7.67. The first-order chi connectivity index (χ1) is 9.12. The van der Waals surface area contributed by atoms with Gasteiger partial charge in [0, 0.05) is 11.1 Å². The predicted octanol–water partition coefficient (Wildman–Crippen LogP) is 3.40. The second kappa shape index (κ2) is 6.01. The minimum absolute atomic E-state index is 0.244. The molecule has 1 N–H and O–H groups in total. The van der Waals surface area contributed by atoms with Crippen LogP contribution in [0.5, 0.6) is 0 Å². The normalized spacial score (nSPS) is 23.5. The van der Waals surface area contributed by atoms with Gasteiger partial charge in [-0.2, -0.15) is 10.3 Å². The molecule has 0 saturated carbocycles. The van der Waals surface area contributed by atoms with Gasteiger partial charge in [0.1, 0.15) is 5.60 Å². The molecule has 0 aromatic carbocycles. The van der Waals surface area contributed by atoms with E-state index in [0.717, 1.165) is 12.8 Å². The Morgan fingerprint density at radius 3 is 2.00 bits per heavy atom. The van der Waals surface area contributed by atoms with Crippen LogP contribution >= 0.6 is 0 Å². The zero-order chi connectivity index (χ0) is 15.6. The van der Waals surface area contributed by atoms with E-state index in [2.05, 4.69) is 47.6 Å². The molecule has 4 heteroatoms. The first kappa shape index (κ1) is 17.4. The van der Waals surface area contributed by atoms with Crippen molar-refractivity contribution in [1.29, 1.82) is 5.26 Å². The molecular weight excluding hydrogens is 252 g/mol. The number of aliphatic hydroxyl groups excluding tert-OH is 1. The molecule has 0 aromatic rings. The van der Waals surface area contributed by atoms with E-state index in [0.29, 0.717) is 19.3 Å². The summed E-state index contributed by atoms with van der Waals surface area (Å²) in [6.07, 6.45) is 3.09. The third-order valence-corrected chi connectivity index (χ3v) is 4.54. The Morgan fingerprint density at radius 1 is 1.20 bits per heavy atom. The van der Waals surface area contributed by atoms with Crippen LogP contribution in [0, 0.1) is 11.3 Å². The van der Waals surface area contributed by atoms with Gasteiger partial charge in [0.2, 0.25) is 0 Å². The molecule has 0 unspecified atom stereocenters. The topological polar surface area (TPSA) is 56.5 Å². The molecule has 0 atom stereocenters. The average molecular weight is 282 g/mol. The monoisotopic (exact) mass is 282 g/mol. The van der Waals surface area contributed by atoms with Crippen LogP contribution in [0.3, 0.4) is 0 Å². The van der Waals surface area contributed by atoms with E-state index in [1.54, 1.807) is 0 Å². The number of aliphatic hydroxyl groups is 1. The maximum atomic E-state index is 10.1. The van der Waals surface area contributed by atoms with Crippen LogP contribution < -0.4 is 0 Å². The van der Waals surface area contributed by atoms with Crippen molar-refractivity contribution in [2.75, 3.05) is 0 Å². The Kier molecular flexibility index (Phi) is 5.23. The summed E-state index contributed by atoms with van der Waals surface area (Å²) < 4.78 is 0. The smallest absolute Gasteiger partial charge is 0.102 e. The molecule has 0 spiro atoms. The number of hydroxylamine groups is 2. The van der Waals surface area contributed by atoms with Crippen molar-refractivity contribution in [2.24, 2.45) is 0 Å². The Hall–Kier alpha value is -0.630. The van der Waals surface area contributed by atoms with Crippen molar-refractivity contribution in [1.82, 2.24) is 5.06 Å². The Morgan fingerprint density at radius 2 is 1.65 bits per heavy atom. The van der Waals surface area contributed by atoms with Crippen LogP contribution in [0.1, 0.15) is 73.6 Å². The number of nitriles is 1. The van der Waals surface area contributed by atoms with E-state index in [4.69, 9.17) is 10.1 Å². The summed E-state index contributed by atoms with van der Waals surface area (Å²) in [4.78, 5) is 6.40. The summed E-state index contributed by atoms with van der Waals surface area (Å²) in [5.41, 5.74) is -0.913. The van der Waals surface area contributed by atoms with Crippen LogP contribution in [0.15, 0.2) is 0 Å². The first-order valence-electron chi connectivity index (χ1n) is 7.67. The highest BCUT2D eigenvalue weighted by molar-refractivity contribution is 4.98. The Balaban J connectivity index is 3.05. The molecule has 20 heavy (non-hydrogen) atoms. The molecule has 1 rings (SSSR count). The van der Waals surface area contributed by atoms with Crippen molar-refractivity contribution >= 4 is 0 Å². The second-order valence-electron chi connectivity index (χ2n) is 7.30. The number of hydrogen-bond donors (Lipinski definition) is 1. The maximum Gasteiger partial charge on any atom is 0.102 e. The lowest BCUT2D eigenvalue weighted by atomic mass is 9.80. The summed E-state index contributed by atoms with van der Waals surface area (Å²) >= 11 is 0. The molecule has 1 aliphatic rings. The van der Waals surface area contributed by atoms with Gasteiger partial charge < -0.3 is 5.11 Å². The minimum atomic E-state index is -0.425. The van der Waals surface area contributed by atoms with Gasteiger partial charge in [-0.05, 0) is 53.4 Å². The fourth-order valence-corrected chi connectivity index (χ4v) is 3.46. The minimum Gasteiger partial charge on any atom is -0.393 e. The van der Waals surface area contributed by atoms with E-state index in [1.165, 1.54) is 0 Å². The van der Waals surface area contributed by atoms with Crippen LogP contribution in [0.4, 0.5) is 0 Å². The van der Waals surface area contributed by atoms with E-state index in [9.17, 15) is 5.11 Å². The molecule has 1 aliphatic heterocycles. The van der Waals surface area contributed by atoms with Crippen LogP contribution in [-0.4, -0.2) is 33.0 Å². The number of rotatable bonds is 5. The summed E-state index contributed by atoms with van der Waals surface area (Å²) in [5, 5.41) is 21.2. The lowest BCUT2D eigenvalue weighted by Gasteiger charge is -2.55. The Bertz CT molecular complexity index is 349. The van der Waals surface area contributed by atoms with Crippen molar-refractivity contribution in [2.45, 2.75) is 96.4 Å². The zero-order valence-corrected chi connectivity index (χ0v) is 13.9. The molecule has 0 amide bonds. The van der Waals surface area contributed by atoms with Crippen LogP contribution in [0.25, 0.3) is 0 Å². The summed E-state index contributed by atoms with van der Waals surface area (Å²) in [6, 6.07) is 2.26. The number of hydrogen-bond acceptors (Lipinski definition) is 4. The molecule has 0 aliphatic carbocycles. The zero-order valence-electron chi connectivity index (χ0n) is 13.9. The van der Waals surface area contributed by atoms with E-state index >= 15 is 0 Å². The predicted molar refractivity (Wildman–Crippen MR) is 79.9 cm³/mol. The Labute approximate surface area is 123 Å². The number of nitrogens with zero attached hydrogens (tertiary/aromatic N) is 2. The van der Waals surface area contributed by atoms with Gasteiger partial charge in [-0.1, -0.05) is 13.8 Å². The fourth-order valence-electron chi connectivity index (χ4n) is 3.46. The van der Waals surface area contributed by atoms with Gasteiger partial charge in [-0.3, -0.25) is 4.84 Å². The quantitative estimate of drug-likeness (QED) is 0.839. The molecule has 0 radical (unpaired) electrons. The summed E-state index contributed by atoms with van der Waals surface area (Å²) in [6.45, 7) is 12.5. The van der Waals surface area contributed by atoms with Gasteiger partial charge in [0.15, 0.2) is 0 Å². The fraction of sp³-hybridized carbons (Fsp3) is 0.938. The van der Waals surface area contributed by atoms with Gasteiger partial charge in [-0.25, -0.2) is 0 Å². The van der Waals surface area contributed by atoms with Gasteiger partial charge in [0.25, 0.3) is 0 Å². The summed E-state index contributed by atoms with van der Waals surface area (Å²) in [7, 11) is 0. The lowest BCUT2D eigenvalue weighted by Crippen LogP contribution is -2.63. The molecule has 1 fully saturated rings. The highest BCUT2D eigenvalue weighted by Crippen LogP contribution is 2.41. The molecule has 1 heterocycles. The van der Waals surface area contributed by atoms with Crippen LogP contribution in [-0.2, 0) is 4.84 Å².